The number of hydrogen-bond donors (Lipinski definition) is 0. The molecule has 0 saturated carbocycles. The minimum absolute atomic E-state index is 0.0425. The van der Waals surface area contributed by atoms with E-state index in [9.17, 15) is 4.79 Å². The maximum Gasteiger partial charge on any atom is 0.257 e. The highest BCUT2D eigenvalue weighted by atomic mass is 32.1. The van der Waals surface area contributed by atoms with Crippen LogP contribution in [0.25, 0.3) is 0 Å². The van der Waals surface area contributed by atoms with Crippen LogP contribution in [0, 0.1) is 6.92 Å². The number of fused-ring (bicyclic) bond motifs is 1. The van der Waals surface area contributed by atoms with Crippen LogP contribution in [0.3, 0.4) is 0 Å². The van der Waals surface area contributed by atoms with Gasteiger partial charge in [-0.25, -0.2) is 0 Å². The average Bonchev–Trinajstić information content (AvgIpc) is 3.20. The highest BCUT2D eigenvalue weighted by molar-refractivity contribution is 7.15. The van der Waals surface area contributed by atoms with Crippen LogP contribution in [0.15, 0.2) is 24.3 Å². The molecule has 0 bridgehead atoms. The molecular weight excluding hydrogens is 312 g/mol. The Kier molecular flexibility index (Phi) is 3.74. The Labute approximate surface area is 138 Å². The number of nitrogens with zero attached hydrogens (tertiary/aromatic N) is 4. The fourth-order valence-corrected chi connectivity index (χ4v) is 3.85. The molecule has 2 aliphatic rings. The quantitative estimate of drug-likeness (QED) is 0.838. The van der Waals surface area contributed by atoms with Gasteiger partial charge >= 0.3 is 0 Å². The van der Waals surface area contributed by atoms with E-state index in [1.54, 1.807) is 11.3 Å². The van der Waals surface area contributed by atoms with Crippen molar-refractivity contribution >= 4 is 28.1 Å². The molecule has 0 spiro atoms. The molecular formula is C16H18N4O2S. The molecule has 0 radical (unpaired) electrons. The summed E-state index contributed by atoms with van der Waals surface area (Å²) in [4.78, 5) is 16.8. The number of benzene rings is 1. The minimum Gasteiger partial charge on any atom is -0.365 e. The summed E-state index contributed by atoms with van der Waals surface area (Å²) in [7, 11) is 0. The normalized spacial score (nSPS) is 20.7. The van der Waals surface area contributed by atoms with Crippen LogP contribution in [0.4, 0.5) is 10.8 Å². The van der Waals surface area contributed by atoms with Crippen molar-refractivity contribution in [3.05, 3.63) is 34.8 Å². The number of carbonyl (C=O) groups excluding carboxylic acids is 1. The number of rotatable bonds is 2. The standard InChI is InChI=1S/C16H18N4O2S/c1-11-17-18-16(23-11)19-8-9-22-14(10-19)15(21)20-7-6-12-4-2-3-5-13(12)20/h2-5,14H,6-10H2,1H3. The third kappa shape index (κ3) is 2.70. The molecule has 2 aliphatic heterocycles. The van der Waals surface area contributed by atoms with Crippen molar-refractivity contribution in [2.75, 3.05) is 36.0 Å². The maximum absolute atomic E-state index is 12.9. The topological polar surface area (TPSA) is 58.6 Å². The van der Waals surface area contributed by atoms with Crippen molar-refractivity contribution in [1.29, 1.82) is 0 Å². The van der Waals surface area contributed by atoms with Gasteiger partial charge in [0.05, 0.1) is 13.2 Å². The van der Waals surface area contributed by atoms with Gasteiger partial charge in [-0.15, -0.1) is 10.2 Å². The minimum atomic E-state index is -0.445. The third-order valence-electron chi connectivity index (χ3n) is 4.28. The van der Waals surface area contributed by atoms with Crippen molar-refractivity contribution in [2.45, 2.75) is 19.4 Å². The van der Waals surface area contributed by atoms with Crippen LogP contribution in [0.1, 0.15) is 10.6 Å². The molecule has 3 heterocycles. The third-order valence-corrected chi connectivity index (χ3v) is 5.18. The van der Waals surface area contributed by atoms with E-state index in [4.69, 9.17) is 4.74 Å². The molecule has 1 atom stereocenters. The molecule has 120 valence electrons. The second kappa shape index (κ2) is 5.90. The Morgan fingerprint density at radius 3 is 3.00 bits per heavy atom. The van der Waals surface area contributed by atoms with Crippen LogP contribution in [0.5, 0.6) is 0 Å². The lowest BCUT2D eigenvalue weighted by atomic mass is 10.2. The number of para-hydroxylation sites is 1. The summed E-state index contributed by atoms with van der Waals surface area (Å²) in [5.41, 5.74) is 2.25. The number of hydrogen-bond acceptors (Lipinski definition) is 6. The van der Waals surface area contributed by atoms with E-state index in [-0.39, 0.29) is 5.91 Å². The van der Waals surface area contributed by atoms with E-state index in [0.717, 1.165) is 35.3 Å². The Balaban J connectivity index is 1.51. The second-order valence-corrected chi connectivity index (χ2v) is 6.94. The van der Waals surface area contributed by atoms with Crippen LogP contribution in [0.2, 0.25) is 0 Å². The van der Waals surface area contributed by atoms with Gasteiger partial charge in [-0.3, -0.25) is 4.79 Å². The SMILES string of the molecule is Cc1nnc(N2CCOC(C(=O)N3CCc4ccccc43)C2)s1. The molecule has 1 unspecified atom stereocenters. The monoisotopic (exact) mass is 330 g/mol. The van der Waals surface area contributed by atoms with E-state index < -0.39 is 6.10 Å². The first-order valence-electron chi connectivity index (χ1n) is 7.78. The molecule has 1 amide bonds. The Hall–Kier alpha value is -1.99. The maximum atomic E-state index is 12.9. The summed E-state index contributed by atoms with van der Waals surface area (Å²) in [6, 6.07) is 8.08. The van der Waals surface area contributed by atoms with Crippen molar-refractivity contribution in [1.82, 2.24) is 10.2 Å². The summed E-state index contributed by atoms with van der Waals surface area (Å²) in [6.07, 6.45) is 0.465. The molecule has 23 heavy (non-hydrogen) atoms. The van der Waals surface area contributed by atoms with Gasteiger partial charge in [0, 0.05) is 18.8 Å². The predicted octanol–water partition coefficient (Wildman–Crippen LogP) is 1.64. The lowest BCUT2D eigenvalue weighted by Gasteiger charge is -2.33. The highest BCUT2D eigenvalue weighted by Gasteiger charge is 2.34. The second-order valence-electron chi connectivity index (χ2n) is 5.78. The smallest absolute Gasteiger partial charge is 0.257 e. The Bertz CT molecular complexity index is 732. The zero-order valence-electron chi connectivity index (χ0n) is 12.9. The lowest BCUT2D eigenvalue weighted by molar-refractivity contribution is -0.130. The van der Waals surface area contributed by atoms with Crippen molar-refractivity contribution < 1.29 is 9.53 Å². The number of morpholine rings is 1. The van der Waals surface area contributed by atoms with E-state index in [2.05, 4.69) is 21.2 Å². The van der Waals surface area contributed by atoms with E-state index in [0.29, 0.717) is 13.2 Å². The number of amides is 1. The molecule has 0 aliphatic carbocycles. The molecule has 4 rings (SSSR count). The van der Waals surface area contributed by atoms with Gasteiger partial charge in [-0.05, 0) is 25.0 Å². The fourth-order valence-electron chi connectivity index (χ4n) is 3.13. The van der Waals surface area contributed by atoms with Crippen LogP contribution in [-0.4, -0.2) is 48.4 Å². The van der Waals surface area contributed by atoms with Gasteiger partial charge in [-0.2, -0.15) is 0 Å². The number of anilines is 2. The van der Waals surface area contributed by atoms with Gasteiger partial charge in [0.2, 0.25) is 5.13 Å². The molecule has 6 nitrogen and oxygen atoms in total. The summed E-state index contributed by atoms with van der Waals surface area (Å²) in [6.45, 7) is 4.48. The number of aryl methyl sites for hydroxylation is 1. The first kappa shape index (κ1) is 14.6. The van der Waals surface area contributed by atoms with Crippen molar-refractivity contribution in [3.8, 4) is 0 Å². The molecule has 2 aromatic rings. The molecule has 1 aromatic heterocycles. The lowest BCUT2D eigenvalue weighted by Crippen LogP contribution is -2.51. The summed E-state index contributed by atoms with van der Waals surface area (Å²) in [5.74, 6) is 0.0425. The first-order valence-corrected chi connectivity index (χ1v) is 8.60. The predicted molar refractivity (Wildman–Crippen MR) is 89.1 cm³/mol. The van der Waals surface area contributed by atoms with E-state index in [1.165, 1.54) is 5.56 Å². The summed E-state index contributed by atoms with van der Waals surface area (Å²) >= 11 is 1.55. The van der Waals surface area contributed by atoms with Crippen LogP contribution < -0.4 is 9.80 Å². The van der Waals surface area contributed by atoms with Gasteiger partial charge < -0.3 is 14.5 Å². The number of ether oxygens (including phenoxy) is 1. The summed E-state index contributed by atoms with van der Waals surface area (Å²) < 4.78 is 5.75. The van der Waals surface area contributed by atoms with Crippen LogP contribution >= 0.6 is 11.3 Å². The molecule has 1 fully saturated rings. The van der Waals surface area contributed by atoms with Crippen LogP contribution in [-0.2, 0) is 16.0 Å². The average molecular weight is 330 g/mol. The zero-order chi connectivity index (χ0) is 15.8. The highest BCUT2D eigenvalue weighted by Crippen LogP contribution is 2.29. The molecule has 1 aromatic carbocycles. The van der Waals surface area contributed by atoms with Gasteiger partial charge in [0.15, 0.2) is 6.10 Å². The van der Waals surface area contributed by atoms with Gasteiger partial charge in [0.1, 0.15) is 5.01 Å². The Morgan fingerprint density at radius 2 is 2.17 bits per heavy atom. The van der Waals surface area contributed by atoms with Gasteiger partial charge in [-0.1, -0.05) is 29.5 Å². The van der Waals surface area contributed by atoms with E-state index >= 15 is 0 Å². The molecule has 1 saturated heterocycles. The van der Waals surface area contributed by atoms with Gasteiger partial charge in [0.25, 0.3) is 5.91 Å². The van der Waals surface area contributed by atoms with Crippen molar-refractivity contribution in [3.63, 3.8) is 0 Å². The number of aromatic nitrogens is 2. The number of carbonyl (C=O) groups is 1. The molecule has 0 N–H and O–H groups in total. The zero-order valence-corrected chi connectivity index (χ0v) is 13.8. The van der Waals surface area contributed by atoms with E-state index in [1.807, 2.05) is 30.0 Å². The molecule has 7 heteroatoms. The summed E-state index contributed by atoms with van der Waals surface area (Å²) in [5, 5.41) is 10.0. The Morgan fingerprint density at radius 1 is 1.30 bits per heavy atom. The van der Waals surface area contributed by atoms with Crippen molar-refractivity contribution in [2.24, 2.45) is 0 Å². The fraction of sp³-hybridized carbons (Fsp3) is 0.438. The first-order chi connectivity index (χ1) is 11.2. The largest absolute Gasteiger partial charge is 0.365 e.